The van der Waals surface area contributed by atoms with Gasteiger partial charge < -0.3 is 10.2 Å². The van der Waals surface area contributed by atoms with Crippen molar-refractivity contribution >= 4 is 5.78 Å². The molecule has 28 heavy (non-hydrogen) atoms. The van der Waals surface area contributed by atoms with Crippen LogP contribution in [0.2, 0.25) is 0 Å². The van der Waals surface area contributed by atoms with Gasteiger partial charge >= 0.3 is 0 Å². The fourth-order valence-corrected chi connectivity index (χ4v) is 3.70. The summed E-state index contributed by atoms with van der Waals surface area (Å²) in [5, 5.41) is 19.6. The van der Waals surface area contributed by atoms with Gasteiger partial charge in [-0.1, -0.05) is 96.8 Å². The van der Waals surface area contributed by atoms with Crippen LogP contribution < -0.4 is 0 Å². The molecule has 3 nitrogen and oxygen atoms in total. The minimum atomic E-state index is -0.0810. The Balaban J connectivity index is 1.94. The van der Waals surface area contributed by atoms with Crippen LogP contribution in [0.15, 0.2) is 12.1 Å². The summed E-state index contributed by atoms with van der Waals surface area (Å²) >= 11 is 0. The molecule has 0 saturated heterocycles. The lowest BCUT2D eigenvalue weighted by Gasteiger charge is -2.07. The number of phenolic OH excluding ortho intramolecular Hbond substituents is 2. The fraction of sp³-hybridized carbons (Fsp3) is 0.720. The zero-order valence-electron chi connectivity index (χ0n) is 18.3. The highest BCUT2D eigenvalue weighted by atomic mass is 16.3. The molecule has 0 radical (unpaired) electrons. The average molecular weight is 391 g/mol. The Kier molecular flexibility index (Phi) is 13.5. The summed E-state index contributed by atoms with van der Waals surface area (Å²) in [5.41, 5.74) is 0.828. The van der Waals surface area contributed by atoms with Gasteiger partial charge in [-0.05, 0) is 31.0 Å². The van der Waals surface area contributed by atoms with Crippen molar-refractivity contribution in [2.24, 2.45) is 0 Å². The summed E-state index contributed by atoms with van der Waals surface area (Å²) in [5.74, 6) is -0.0404. The van der Waals surface area contributed by atoms with Crippen LogP contribution in [0.4, 0.5) is 0 Å². The van der Waals surface area contributed by atoms with Gasteiger partial charge in [0, 0.05) is 6.42 Å². The lowest BCUT2D eigenvalue weighted by Crippen LogP contribution is -2.00. The Hall–Kier alpha value is -1.51. The fourth-order valence-electron chi connectivity index (χ4n) is 3.70. The second-order valence-corrected chi connectivity index (χ2v) is 8.28. The first-order valence-electron chi connectivity index (χ1n) is 11.6. The van der Waals surface area contributed by atoms with Crippen LogP contribution >= 0.6 is 0 Å². The zero-order chi connectivity index (χ0) is 20.6. The lowest BCUT2D eigenvalue weighted by atomic mass is 10.0. The molecule has 0 bridgehead atoms. The van der Waals surface area contributed by atoms with E-state index >= 15 is 0 Å². The summed E-state index contributed by atoms with van der Waals surface area (Å²) in [6.07, 6.45) is 19.9. The minimum Gasteiger partial charge on any atom is -0.508 e. The van der Waals surface area contributed by atoms with Crippen LogP contribution in [-0.4, -0.2) is 16.0 Å². The van der Waals surface area contributed by atoms with E-state index < -0.39 is 0 Å². The van der Waals surface area contributed by atoms with Crippen molar-refractivity contribution in [3.63, 3.8) is 0 Å². The van der Waals surface area contributed by atoms with Crippen molar-refractivity contribution < 1.29 is 15.0 Å². The molecule has 0 unspecified atom stereocenters. The molecule has 0 aliphatic heterocycles. The van der Waals surface area contributed by atoms with Gasteiger partial charge in [-0.15, -0.1) is 0 Å². The van der Waals surface area contributed by atoms with Gasteiger partial charge in [0.2, 0.25) is 0 Å². The van der Waals surface area contributed by atoms with E-state index in [1.807, 2.05) is 0 Å². The molecule has 0 fully saturated rings. The van der Waals surface area contributed by atoms with Gasteiger partial charge in [-0.25, -0.2) is 0 Å². The Bertz CT molecular complexity index is 551. The number of Topliss-reactive ketones (excluding diaryl/α,β-unsaturated/α-hetero) is 1. The molecule has 0 atom stereocenters. The Labute approximate surface area is 172 Å². The number of ketones is 1. The predicted octanol–water partition coefficient (Wildman–Crippen LogP) is 7.85. The summed E-state index contributed by atoms with van der Waals surface area (Å²) in [6.45, 7) is 3.97. The van der Waals surface area contributed by atoms with Gasteiger partial charge in [-0.3, -0.25) is 4.79 Å². The molecule has 0 spiro atoms. The van der Waals surface area contributed by atoms with Crippen LogP contribution in [0.25, 0.3) is 0 Å². The maximum absolute atomic E-state index is 12.2. The highest BCUT2D eigenvalue weighted by Crippen LogP contribution is 2.28. The first-order valence-corrected chi connectivity index (χ1v) is 11.6. The SMILES string of the molecule is CCCCCCCCCCCCCCCCCC(=O)c1cc(O)c(C)cc1O. The first-order chi connectivity index (χ1) is 13.6. The zero-order valence-corrected chi connectivity index (χ0v) is 18.3. The van der Waals surface area contributed by atoms with Crippen molar-refractivity contribution in [3.8, 4) is 11.5 Å². The van der Waals surface area contributed by atoms with Gasteiger partial charge in [0.15, 0.2) is 5.78 Å². The Morgan fingerprint density at radius 3 is 1.57 bits per heavy atom. The van der Waals surface area contributed by atoms with Crippen molar-refractivity contribution in [2.45, 2.75) is 117 Å². The van der Waals surface area contributed by atoms with Crippen molar-refractivity contribution in [1.82, 2.24) is 0 Å². The molecule has 0 amide bonds. The molecule has 0 aliphatic carbocycles. The van der Waals surface area contributed by atoms with E-state index in [0.717, 1.165) is 12.8 Å². The first kappa shape index (κ1) is 24.5. The second-order valence-electron chi connectivity index (χ2n) is 8.28. The average Bonchev–Trinajstić information content (AvgIpc) is 2.67. The topological polar surface area (TPSA) is 57.5 Å². The number of rotatable bonds is 17. The smallest absolute Gasteiger partial charge is 0.166 e. The van der Waals surface area contributed by atoms with Crippen LogP contribution in [-0.2, 0) is 0 Å². The second kappa shape index (κ2) is 15.4. The van der Waals surface area contributed by atoms with E-state index in [0.29, 0.717) is 12.0 Å². The lowest BCUT2D eigenvalue weighted by molar-refractivity contribution is 0.0976. The van der Waals surface area contributed by atoms with Crippen molar-refractivity contribution in [3.05, 3.63) is 23.3 Å². The number of carbonyl (C=O) groups excluding carboxylic acids is 1. The van der Waals surface area contributed by atoms with Crippen LogP contribution in [0.1, 0.15) is 126 Å². The predicted molar refractivity (Wildman–Crippen MR) is 118 cm³/mol. The highest BCUT2D eigenvalue weighted by molar-refractivity contribution is 5.99. The number of aryl methyl sites for hydroxylation is 1. The Morgan fingerprint density at radius 2 is 1.11 bits per heavy atom. The maximum Gasteiger partial charge on any atom is 0.166 e. The molecule has 0 saturated carbocycles. The molecule has 1 aromatic carbocycles. The number of hydrogen-bond donors (Lipinski definition) is 2. The molecule has 160 valence electrons. The van der Waals surface area contributed by atoms with E-state index in [1.165, 1.54) is 95.6 Å². The standard InChI is InChI=1S/C25H42O3/c1-3-4-5-6-7-8-9-10-11-12-13-14-15-16-17-18-23(26)22-20-24(27)21(2)19-25(22)28/h19-20,27-28H,3-18H2,1-2H3. The van der Waals surface area contributed by atoms with E-state index in [-0.39, 0.29) is 22.8 Å². The molecule has 0 aliphatic rings. The monoisotopic (exact) mass is 390 g/mol. The van der Waals surface area contributed by atoms with Gasteiger partial charge in [0.25, 0.3) is 0 Å². The maximum atomic E-state index is 12.2. The van der Waals surface area contributed by atoms with Crippen molar-refractivity contribution in [1.29, 1.82) is 0 Å². The summed E-state index contributed by atoms with van der Waals surface area (Å²) in [7, 11) is 0. The normalized spacial score (nSPS) is 11.1. The number of unbranched alkanes of at least 4 members (excludes halogenated alkanes) is 14. The number of carbonyl (C=O) groups is 1. The number of aromatic hydroxyl groups is 2. The largest absolute Gasteiger partial charge is 0.508 e. The summed E-state index contributed by atoms with van der Waals surface area (Å²) in [4.78, 5) is 12.2. The van der Waals surface area contributed by atoms with E-state index in [9.17, 15) is 15.0 Å². The van der Waals surface area contributed by atoms with Crippen LogP contribution in [0.3, 0.4) is 0 Å². The number of phenols is 2. The van der Waals surface area contributed by atoms with E-state index in [2.05, 4.69) is 6.92 Å². The third-order valence-corrected chi connectivity index (χ3v) is 5.62. The summed E-state index contributed by atoms with van der Waals surface area (Å²) < 4.78 is 0. The van der Waals surface area contributed by atoms with Gasteiger partial charge in [-0.2, -0.15) is 0 Å². The Morgan fingerprint density at radius 1 is 0.679 bits per heavy atom. The van der Waals surface area contributed by atoms with Gasteiger partial charge in [0.05, 0.1) is 5.56 Å². The molecule has 0 aromatic heterocycles. The third kappa shape index (κ3) is 10.7. The van der Waals surface area contributed by atoms with Crippen molar-refractivity contribution in [2.75, 3.05) is 0 Å². The van der Waals surface area contributed by atoms with Crippen LogP contribution in [0, 0.1) is 6.92 Å². The van der Waals surface area contributed by atoms with E-state index in [4.69, 9.17) is 0 Å². The highest BCUT2D eigenvalue weighted by Gasteiger charge is 2.13. The molecule has 2 N–H and O–H groups in total. The third-order valence-electron chi connectivity index (χ3n) is 5.62. The number of hydrogen-bond acceptors (Lipinski definition) is 3. The minimum absolute atomic E-state index is 0.0266. The number of benzene rings is 1. The van der Waals surface area contributed by atoms with Crippen LogP contribution in [0.5, 0.6) is 11.5 Å². The summed E-state index contributed by atoms with van der Waals surface area (Å²) in [6, 6.07) is 2.84. The molecular formula is C25H42O3. The molecular weight excluding hydrogens is 348 g/mol. The quantitative estimate of drug-likeness (QED) is 0.162. The molecule has 1 aromatic rings. The van der Waals surface area contributed by atoms with E-state index in [1.54, 1.807) is 6.92 Å². The van der Waals surface area contributed by atoms with Gasteiger partial charge in [0.1, 0.15) is 11.5 Å². The molecule has 3 heteroatoms. The molecule has 1 rings (SSSR count). The molecule has 0 heterocycles.